The van der Waals surface area contributed by atoms with Crippen molar-refractivity contribution in [3.63, 3.8) is 0 Å². The quantitative estimate of drug-likeness (QED) is 0.583. The SMILES string of the molecule is CN=C(NCC(c1cccs1)N1CCCC1)N1CCN(c2ccccc2O)CC1. The number of guanidine groups is 1. The van der Waals surface area contributed by atoms with Crippen LogP contribution in [0.5, 0.6) is 5.75 Å². The van der Waals surface area contributed by atoms with Crippen molar-refractivity contribution in [3.8, 4) is 5.75 Å². The van der Waals surface area contributed by atoms with Gasteiger partial charge in [0, 0.05) is 44.6 Å². The maximum absolute atomic E-state index is 10.1. The Labute approximate surface area is 177 Å². The Bertz CT molecular complexity index is 795. The van der Waals surface area contributed by atoms with Crippen LogP contribution in [0.25, 0.3) is 0 Å². The van der Waals surface area contributed by atoms with Crippen LogP contribution >= 0.6 is 11.3 Å². The number of aromatic hydroxyl groups is 1. The van der Waals surface area contributed by atoms with E-state index in [2.05, 4.69) is 42.5 Å². The molecule has 1 aromatic carbocycles. The number of piperazine rings is 1. The van der Waals surface area contributed by atoms with E-state index >= 15 is 0 Å². The van der Waals surface area contributed by atoms with E-state index < -0.39 is 0 Å². The number of para-hydroxylation sites is 2. The highest BCUT2D eigenvalue weighted by Gasteiger charge is 2.26. The van der Waals surface area contributed by atoms with Crippen LogP contribution in [0, 0.1) is 0 Å². The average molecular weight is 414 g/mol. The third kappa shape index (κ3) is 4.67. The molecule has 2 aliphatic rings. The van der Waals surface area contributed by atoms with Crippen molar-refractivity contribution in [2.75, 3.05) is 57.8 Å². The Morgan fingerprint density at radius 2 is 1.83 bits per heavy atom. The van der Waals surface area contributed by atoms with Gasteiger partial charge in [-0.05, 0) is 49.5 Å². The molecule has 2 saturated heterocycles. The zero-order valence-corrected chi connectivity index (χ0v) is 17.9. The van der Waals surface area contributed by atoms with Crippen molar-refractivity contribution in [2.45, 2.75) is 18.9 Å². The fourth-order valence-corrected chi connectivity index (χ4v) is 5.22. The summed E-state index contributed by atoms with van der Waals surface area (Å²) in [5, 5.41) is 15.9. The summed E-state index contributed by atoms with van der Waals surface area (Å²) in [5.74, 6) is 1.33. The first-order chi connectivity index (χ1) is 14.3. The van der Waals surface area contributed by atoms with Crippen molar-refractivity contribution < 1.29 is 5.11 Å². The van der Waals surface area contributed by atoms with E-state index in [4.69, 9.17) is 0 Å². The lowest BCUT2D eigenvalue weighted by Crippen LogP contribution is -2.53. The van der Waals surface area contributed by atoms with Gasteiger partial charge in [0.15, 0.2) is 5.96 Å². The Morgan fingerprint density at radius 3 is 2.48 bits per heavy atom. The number of aliphatic imine (C=N–C) groups is 1. The lowest BCUT2D eigenvalue weighted by molar-refractivity contribution is 0.246. The van der Waals surface area contributed by atoms with Crippen molar-refractivity contribution >= 4 is 23.0 Å². The monoisotopic (exact) mass is 413 g/mol. The molecule has 2 N–H and O–H groups in total. The van der Waals surface area contributed by atoms with Crippen LogP contribution in [0.15, 0.2) is 46.8 Å². The maximum atomic E-state index is 10.1. The first-order valence-corrected chi connectivity index (χ1v) is 11.4. The van der Waals surface area contributed by atoms with Crippen LogP contribution in [0.2, 0.25) is 0 Å². The van der Waals surface area contributed by atoms with Gasteiger partial charge in [0.2, 0.25) is 0 Å². The standard InChI is InChI=1S/C22H31N5OS/c1-23-22(24-17-19(21-9-6-16-29-21)25-10-4-5-11-25)27-14-12-26(13-15-27)18-7-2-3-8-20(18)28/h2-3,6-9,16,19,28H,4-5,10-15,17H2,1H3,(H,23,24). The van der Waals surface area contributed by atoms with Crippen LogP contribution in [0.4, 0.5) is 5.69 Å². The number of thiophene rings is 1. The van der Waals surface area contributed by atoms with Gasteiger partial charge in [-0.15, -0.1) is 11.3 Å². The van der Waals surface area contributed by atoms with Crippen molar-refractivity contribution in [1.82, 2.24) is 15.1 Å². The Kier molecular flexibility index (Phi) is 6.56. The summed E-state index contributed by atoms with van der Waals surface area (Å²) < 4.78 is 0. The number of nitrogens with zero attached hydrogens (tertiary/aromatic N) is 4. The molecule has 0 bridgehead atoms. The van der Waals surface area contributed by atoms with Gasteiger partial charge < -0.3 is 20.2 Å². The molecule has 2 aliphatic heterocycles. The van der Waals surface area contributed by atoms with Gasteiger partial charge in [-0.3, -0.25) is 9.89 Å². The largest absolute Gasteiger partial charge is 0.506 e. The number of phenolic OH excluding ortho intramolecular Hbond substituents is 1. The summed E-state index contributed by atoms with van der Waals surface area (Å²) in [6.07, 6.45) is 2.59. The fourth-order valence-electron chi connectivity index (χ4n) is 4.35. The number of phenols is 1. The lowest BCUT2D eigenvalue weighted by atomic mass is 10.2. The molecule has 156 valence electrons. The van der Waals surface area contributed by atoms with Crippen LogP contribution in [0.3, 0.4) is 0 Å². The number of benzene rings is 1. The molecule has 0 aliphatic carbocycles. The number of likely N-dealkylation sites (tertiary alicyclic amines) is 1. The first kappa shape index (κ1) is 20.0. The fraction of sp³-hybridized carbons (Fsp3) is 0.500. The molecule has 0 saturated carbocycles. The lowest BCUT2D eigenvalue weighted by Gasteiger charge is -2.38. The molecule has 0 amide bonds. The van der Waals surface area contributed by atoms with E-state index in [-0.39, 0.29) is 0 Å². The number of anilines is 1. The minimum Gasteiger partial charge on any atom is -0.506 e. The van der Waals surface area contributed by atoms with Crippen LogP contribution < -0.4 is 10.2 Å². The van der Waals surface area contributed by atoms with E-state index in [0.29, 0.717) is 11.8 Å². The zero-order chi connectivity index (χ0) is 20.1. The van der Waals surface area contributed by atoms with Crippen LogP contribution in [-0.4, -0.2) is 73.7 Å². The van der Waals surface area contributed by atoms with E-state index in [1.165, 1.54) is 30.8 Å². The summed E-state index contributed by atoms with van der Waals surface area (Å²) in [4.78, 5) is 13.2. The summed E-state index contributed by atoms with van der Waals surface area (Å²) in [5.41, 5.74) is 0.918. The molecule has 2 fully saturated rings. The Balaban J connectivity index is 1.35. The second kappa shape index (κ2) is 9.50. The summed E-state index contributed by atoms with van der Waals surface area (Å²) in [7, 11) is 1.87. The van der Waals surface area contributed by atoms with Gasteiger partial charge in [0.25, 0.3) is 0 Å². The minimum atomic E-state index is 0.354. The molecular formula is C22H31N5OS. The molecule has 1 aromatic heterocycles. The van der Waals surface area contributed by atoms with E-state index in [9.17, 15) is 5.11 Å². The van der Waals surface area contributed by atoms with E-state index in [0.717, 1.165) is 44.4 Å². The Hall–Kier alpha value is -2.25. The molecule has 0 radical (unpaired) electrons. The Morgan fingerprint density at radius 1 is 1.07 bits per heavy atom. The van der Waals surface area contributed by atoms with Gasteiger partial charge >= 0.3 is 0 Å². The molecule has 0 spiro atoms. The summed E-state index contributed by atoms with van der Waals surface area (Å²) >= 11 is 1.85. The number of nitrogens with one attached hydrogen (secondary N) is 1. The molecular weight excluding hydrogens is 382 g/mol. The van der Waals surface area contributed by atoms with Gasteiger partial charge in [-0.25, -0.2) is 0 Å². The number of hydrogen-bond acceptors (Lipinski definition) is 5. The summed E-state index contributed by atoms with van der Waals surface area (Å²) in [6.45, 7) is 6.78. The van der Waals surface area contributed by atoms with Gasteiger partial charge in [0.05, 0.1) is 11.7 Å². The highest BCUT2D eigenvalue weighted by atomic mass is 32.1. The van der Waals surface area contributed by atoms with E-state index in [1.807, 2.05) is 36.6 Å². The van der Waals surface area contributed by atoms with Crippen molar-refractivity contribution in [3.05, 3.63) is 46.7 Å². The van der Waals surface area contributed by atoms with Gasteiger partial charge in [-0.2, -0.15) is 0 Å². The van der Waals surface area contributed by atoms with Crippen LogP contribution in [0.1, 0.15) is 23.8 Å². The molecule has 1 atom stereocenters. The number of hydrogen-bond donors (Lipinski definition) is 2. The topological polar surface area (TPSA) is 54.3 Å². The predicted molar refractivity (Wildman–Crippen MR) is 121 cm³/mol. The molecule has 1 unspecified atom stereocenters. The molecule has 6 nitrogen and oxygen atoms in total. The minimum absolute atomic E-state index is 0.354. The molecule has 7 heteroatoms. The van der Waals surface area contributed by atoms with Crippen molar-refractivity contribution in [1.29, 1.82) is 0 Å². The first-order valence-electron chi connectivity index (χ1n) is 10.5. The average Bonchev–Trinajstić information content (AvgIpc) is 3.47. The van der Waals surface area contributed by atoms with Gasteiger partial charge in [0.1, 0.15) is 5.75 Å². The molecule has 3 heterocycles. The third-order valence-electron chi connectivity index (χ3n) is 5.92. The highest BCUT2D eigenvalue weighted by Crippen LogP contribution is 2.29. The third-order valence-corrected chi connectivity index (χ3v) is 6.89. The second-order valence-corrected chi connectivity index (χ2v) is 8.64. The normalized spacial score (nSPS) is 19.6. The predicted octanol–water partition coefficient (Wildman–Crippen LogP) is 2.99. The highest BCUT2D eigenvalue weighted by molar-refractivity contribution is 7.10. The molecule has 29 heavy (non-hydrogen) atoms. The zero-order valence-electron chi connectivity index (χ0n) is 17.1. The summed E-state index contributed by atoms with van der Waals surface area (Å²) in [6, 6.07) is 12.4. The molecule has 2 aromatic rings. The van der Waals surface area contributed by atoms with E-state index in [1.54, 1.807) is 6.07 Å². The molecule has 4 rings (SSSR count). The van der Waals surface area contributed by atoms with Crippen LogP contribution in [-0.2, 0) is 0 Å². The second-order valence-electron chi connectivity index (χ2n) is 7.67. The smallest absolute Gasteiger partial charge is 0.193 e. The maximum Gasteiger partial charge on any atom is 0.193 e. The van der Waals surface area contributed by atoms with Crippen molar-refractivity contribution in [2.24, 2.45) is 4.99 Å². The number of rotatable bonds is 5. The van der Waals surface area contributed by atoms with Gasteiger partial charge in [-0.1, -0.05) is 18.2 Å².